The molecule has 1 aromatic heterocycles. The third-order valence-electron chi connectivity index (χ3n) is 4.66. The Morgan fingerprint density at radius 2 is 2.03 bits per heavy atom. The summed E-state index contributed by atoms with van der Waals surface area (Å²) in [5.74, 6) is -0.0807. The van der Waals surface area contributed by atoms with E-state index in [-0.39, 0.29) is 18.2 Å². The van der Waals surface area contributed by atoms with Crippen LogP contribution in [-0.2, 0) is 4.79 Å². The molecule has 3 rings (SSSR count). The van der Waals surface area contributed by atoms with E-state index in [0.717, 1.165) is 11.8 Å². The van der Waals surface area contributed by atoms with Crippen molar-refractivity contribution in [3.63, 3.8) is 0 Å². The van der Waals surface area contributed by atoms with Gasteiger partial charge in [0.1, 0.15) is 18.4 Å². The highest BCUT2D eigenvalue weighted by Gasteiger charge is 2.22. The zero-order valence-corrected chi connectivity index (χ0v) is 17.8. The van der Waals surface area contributed by atoms with Crippen molar-refractivity contribution < 1.29 is 14.3 Å². The Bertz CT molecular complexity index is 1040. The van der Waals surface area contributed by atoms with Crippen LogP contribution in [0.2, 0.25) is 10.0 Å². The Kier molecular flexibility index (Phi) is 7.02. The van der Waals surface area contributed by atoms with Gasteiger partial charge in [-0.2, -0.15) is 0 Å². The molecule has 0 aliphatic carbocycles. The molecule has 0 unspecified atom stereocenters. The van der Waals surface area contributed by atoms with Crippen molar-refractivity contribution in [1.29, 1.82) is 0 Å². The van der Waals surface area contributed by atoms with Gasteiger partial charge >= 0.3 is 0 Å². The summed E-state index contributed by atoms with van der Waals surface area (Å²) < 4.78 is 6.80. The highest BCUT2D eigenvalue weighted by atomic mass is 35.5. The number of rotatable bonds is 8. The van der Waals surface area contributed by atoms with Gasteiger partial charge in [-0.15, -0.1) is 5.10 Å². The van der Waals surface area contributed by atoms with Crippen LogP contribution in [0.25, 0.3) is 5.69 Å². The minimum Gasteiger partial charge on any atom is -0.496 e. The summed E-state index contributed by atoms with van der Waals surface area (Å²) >= 11 is 12.1. The van der Waals surface area contributed by atoms with Crippen LogP contribution in [0.1, 0.15) is 28.3 Å². The van der Waals surface area contributed by atoms with Crippen LogP contribution in [-0.4, -0.2) is 58.0 Å². The smallest absolute Gasteiger partial charge is 0.257 e. The van der Waals surface area contributed by atoms with E-state index in [1.807, 2.05) is 0 Å². The number of hydrogen-bond donors (Lipinski definition) is 0. The molecule has 30 heavy (non-hydrogen) atoms. The van der Waals surface area contributed by atoms with Crippen molar-refractivity contribution in [3.05, 3.63) is 63.9 Å². The predicted molar refractivity (Wildman–Crippen MR) is 113 cm³/mol. The van der Waals surface area contributed by atoms with E-state index < -0.39 is 0 Å². The Hall–Kier alpha value is -2.97. The minimum absolute atomic E-state index is 0.234. The molecule has 1 atom stereocenters. The lowest BCUT2D eigenvalue weighted by Crippen LogP contribution is -2.31. The van der Waals surface area contributed by atoms with E-state index in [1.54, 1.807) is 43.4 Å². The van der Waals surface area contributed by atoms with E-state index >= 15 is 0 Å². The molecule has 10 heteroatoms. The molecule has 1 heterocycles. The number of methoxy groups -OCH3 is 1. The molecule has 0 aliphatic rings. The van der Waals surface area contributed by atoms with Crippen molar-refractivity contribution in [2.45, 2.75) is 12.3 Å². The fourth-order valence-electron chi connectivity index (χ4n) is 3.10. The number of ether oxygens (including phenoxy) is 1. The first-order chi connectivity index (χ1) is 14.4. The number of aromatic nitrogens is 4. The van der Waals surface area contributed by atoms with Gasteiger partial charge in [-0.05, 0) is 46.3 Å². The van der Waals surface area contributed by atoms with Crippen LogP contribution in [0.15, 0.2) is 42.7 Å². The van der Waals surface area contributed by atoms with Crippen molar-refractivity contribution >= 4 is 35.4 Å². The van der Waals surface area contributed by atoms with Crippen molar-refractivity contribution in [2.24, 2.45) is 0 Å². The maximum Gasteiger partial charge on any atom is 0.257 e. The van der Waals surface area contributed by atoms with Gasteiger partial charge in [0.2, 0.25) is 0 Å². The summed E-state index contributed by atoms with van der Waals surface area (Å²) in [7, 11) is 3.16. The lowest BCUT2D eigenvalue weighted by Gasteiger charge is -2.24. The number of benzene rings is 2. The Morgan fingerprint density at radius 1 is 1.23 bits per heavy atom. The van der Waals surface area contributed by atoms with Crippen LogP contribution >= 0.6 is 23.2 Å². The molecular weight excluding hydrogens is 429 g/mol. The Morgan fingerprint density at radius 3 is 2.67 bits per heavy atom. The molecule has 3 aromatic rings. The Labute approximate surface area is 183 Å². The molecule has 0 bridgehead atoms. The summed E-state index contributed by atoms with van der Waals surface area (Å²) in [5, 5.41) is 11.9. The van der Waals surface area contributed by atoms with Crippen LogP contribution in [0.5, 0.6) is 5.75 Å². The summed E-state index contributed by atoms with van der Waals surface area (Å²) in [6.45, 7) is 0.299. The maximum absolute atomic E-state index is 13.2. The van der Waals surface area contributed by atoms with E-state index in [1.165, 1.54) is 23.0 Å². The minimum atomic E-state index is -0.266. The first kappa shape index (κ1) is 21.7. The highest BCUT2D eigenvalue weighted by molar-refractivity contribution is 6.42. The number of nitrogens with zero attached hydrogens (tertiary/aromatic N) is 5. The largest absolute Gasteiger partial charge is 0.496 e. The van der Waals surface area contributed by atoms with Crippen molar-refractivity contribution in [2.75, 3.05) is 20.7 Å². The monoisotopic (exact) mass is 447 g/mol. The highest BCUT2D eigenvalue weighted by Crippen LogP contribution is 2.29. The van der Waals surface area contributed by atoms with Gasteiger partial charge in [0.05, 0.1) is 28.4 Å². The van der Waals surface area contributed by atoms with Gasteiger partial charge in [0, 0.05) is 25.9 Å². The lowest BCUT2D eigenvalue weighted by atomic mass is 9.95. The van der Waals surface area contributed by atoms with Crippen LogP contribution in [0, 0.1) is 0 Å². The first-order valence-electron chi connectivity index (χ1n) is 9.00. The zero-order chi connectivity index (χ0) is 21.7. The quantitative estimate of drug-likeness (QED) is 0.491. The number of carbonyl (C=O) groups is 2. The molecule has 0 aliphatic heterocycles. The van der Waals surface area contributed by atoms with E-state index in [0.29, 0.717) is 33.6 Å². The molecule has 0 radical (unpaired) electrons. The molecule has 2 aromatic carbocycles. The summed E-state index contributed by atoms with van der Waals surface area (Å²) in [5.41, 5.74) is 1.80. The Balaban J connectivity index is 1.87. The third kappa shape index (κ3) is 4.77. The number of hydrogen-bond acceptors (Lipinski definition) is 6. The van der Waals surface area contributed by atoms with Crippen LogP contribution in [0.4, 0.5) is 0 Å². The van der Waals surface area contributed by atoms with Gasteiger partial charge in [0.25, 0.3) is 5.91 Å². The second-order valence-electron chi connectivity index (χ2n) is 6.60. The fourth-order valence-corrected chi connectivity index (χ4v) is 3.41. The fraction of sp³-hybridized carbons (Fsp3) is 0.250. The molecule has 0 saturated heterocycles. The van der Waals surface area contributed by atoms with Gasteiger partial charge in [0.15, 0.2) is 0 Å². The predicted octanol–water partition coefficient (Wildman–Crippen LogP) is 3.42. The maximum atomic E-state index is 13.2. The zero-order valence-electron chi connectivity index (χ0n) is 16.3. The topological polar surface area (TPSA) is 90.2 Å². The molecular formula is C20H19Cl2N5O3. The molecule has 0 saturated carbocycles. The molecule has 0 spiro atoms. The second kappa shape index (κ2) is 9.69. The first-order valence-corrected chi connectivity index (χ1v) is 9.75. The molecule has 1 amide bonds. The van der Waals surface area contributed by atoms with E-state index in [2.05, 4.69) is 15.5 Å². The number of aldehydes is 1. The van der Waals surface area contributed by atoms with E-state index in [4.69, 9.17) is 27.9 Å². The number of tetrazole rings is 1. The number of likely N-dealkylation sites (N-methyl/N-ethyl adjacent to an activating group) is 1. The second-order valence-corrected chi connectivity index (χ2v) is 7.41. The summed E-state index contributed by atoms with van der Waals surface area (Å²) in [6.07, 6.45) is 2.49. The van der Waals surface area contributed by atoms with Gasteiger partial charge in [-0.3, -0.25) is 4.79 Å². The lowest BCUT2D eigenvalue weighted by molar-refractivity contribution is -0.108. The number of carbonyl (C=O) groups excluding carboxylic acids is 2. The van der Waals surface area contributed by atoms with Gasteiger partial charge in [-0.1, -0.05) is 29.3 Å². The van der Waals surface area contributed by atoms with Gasteiger partial charge in [-0.25, -0.2) is 4.68 Å². The van der Waals surface area contributed by atoms with E-state index in [9.17, 15) is 9.59 Å². The standard InChI is InChI=1S/C20H19Cl2N5O3/c1-26(11-14(7-8-28)13-3-5-17(21)18(22)9-13)20(29)16-10-15(4-6-19(16)30-2)27-12-23-24-25-27/h3-6,8-10,12,14H,7,11H2,1-2H3/t14-/m1/s1. The molecule has 0 fully saturated rings. The molecule has 156 valence electrons. The number of amides is 1. The third-order valence-corrected chi connectivity index (χ3v) is 5.40. The molecule has 8 nitrogen and oxygen atoms in total. The average Bonchev–Trinajstić information content (AvgIpc) is 3.29. The summed E-state index contributed by atoms with van der Waals surface area (Å²) in [4.78, 5) is 26.0. The van der Waals surface area contributed by atoms with Crippen molar-refractivity contribution in [1.82, 2.24) is 25.1 Å². The average molecular weight is 448 g/mol. The van der Waals surface area contributed by atoms with Crippen molar-refractivity contribution in [3.8, 4) is 11.4 Å². The normalized spacial score (nSPS) is 11.7. The van der Waals surface area contributed by atoms with Gasteiger partial charge < -0.3 is 14.4 Å². The number of halogens is 2. The SMILES string of the molecule is COc1ccc(-n2cnnn2)cc1C(=O)N(C)C[C@@H](CC=O)c1ccc(Cl)c(Cl)c1. The van der Waals surface area contributed by atoms with Crippen LogP contribution in [0.3, 0.4) is 0 Å². The summed E-state index contributed by atoms with van der Waals surface area (Å²) in [6, 6.07) is 10.3. The molecule has 0 N–H and O–H groups in total. The van der Waals surface area contributed by atoms with Crippen LogP contribution < -0.4 is 4.74 Å².